The van der Waals surface area contributed by atoms with E-state index in [0.29, 0.717) is 30.2 Å². The summed E-state index contributed by atoms with van der Waals surface area (Å²) in [5.74, 6) is 0.177. The molecule has 9 heteroatoms. The second kappa shape index (κ2) is 11.9. The number of aliphatic hydroxyl groups is 1. The van der Waals surface area contributed by atoms with Gasteiger partial charge in [-0.1, -0.05) is 34.1 Å². The van der Waals surface area contributed by atoms with Gasteiger partial charge in [-0.3, -0.25) is 9.59 Å². The molecule has 0 unspecified atom stereocenters. The summed E-state index contributed by atoms with van der Waals surface area (Å²) in [7, 11) is 1.54. The molecule has 2 aromatic carbocycles. The van der Waals surface area contributed by atoms with Gasteiger partial charge in [-0.15, -0.1) is 0 Å². The van der Waals surface area contributed by atoms with Crippen LogP contribution < -0.4 is 10.1 Å². The summed E-state index contributed by atoms with van der Waals surface area (Å²) < 4.78 is 18.2. The van der Waals surface area contributed by atoms with Crippen LogP contribution in [0.5, 0.6) is 5.75 Å². The Morgan fingerprint density at radius 1 is 1.17 bits per heavy atom. The van der Waals surface area contributed by atoms with E-state index in [0.717, 1.165) is 10.0 Å². The number of aliphatic imine (C=N–C) groups is 1. The second-order valence-corrected chi connectivity index (χ2v) is 10.3. The number of likely N-dealkylation sites (N-methyl/N-ethyl adjacent to an activating group) is 1. The molecular weight excluding hydrogens is 528 g/mol. The Labute approximate surface area is 220 Å². The summed E-state index contributed by atoms with van der Waals surface area (Å²) in [6, 6.07) is 14.7. The van der Waals surface area contributed by atoms with Gasteiger partial charge < -0.3 is 24.6 Å². The Morgan fingerprint density at radius 2 is 1.86 bits per heavy atom. The van der Waals surface area contributed by atoms with Gasteiger partial charge in [-0.25, -0.2) is 4.99 Å². The molecule has 8 nitrogen and oxygen atoms in total. The molecule has 1 aliphatic rings. The van der Waals surface area contributed by atoms with Gasteiger partial charge in [0, 0.05) is 42.1 Å². The summed E-state index contributed by atoms with van der Waals surface area (Å²) in [5.41, 5.74) is -0.611. The van der Waals surface area contributed by atoms with Crippen molar-refractivity contribution in [2.24, 2.45) is 4.99 Å². The van der Waals surface area contributed by atoms with Gasteiger partial charge in [0.15, 0.2) is 11.6 Å². The van der Waals surface area contributed by atoms with Crippen molar-refractivity contribution in [1.29, 1.82) is 0 Å². The third kappa shape index (κ3) is 6.64. The van der Waals surface area contributed by atoms with E-state index < -0.39 is 23.2 Å². The van der Waals surface area contributed by atoms with E-state index in [2.05, 4.69) is 21.2 Å². The molecule has 2 atom stereocenters. The average Bonchev–Trinajstić information content (AvgIpc) is 3.23. The molecule has 0 radical (unpaired) electrons. The fourth-order valence-electron chi connectivity index (χ4n) is 3.94. The number of amides is 1. The van der Waals surface area contributed by atoms with Crippen LogP contribution in [0.25, 0.3) is 0 Å². The topological polar surface area (TPSA) is 106 Å². The van der Waals surface area contributed by atoms with Crippen molar-refractivity contribution >= 4 is 33.7 Å². The van der Waals surface area contributed by atoms with E-state index in [4.69, 9.17) is 24.3 Å². The van der Waals surface area contributed by atoms with Crippen molar-refractivity contribution < 1.29 is 28.9 Å². The number of esters is 1. The van der Waals surface area contributed by atoms with Gasteiger partial charge in [-0.05, 0) is 57.5 Å². The SMILES string of the molecule is CNC(=O)[C@]1(CCC(=O)OC(C)(C)C)N=C(c2ccc(OCCCO)cc2)O[C@@H]1c1ccccc1Br. The summed E-state index contributed by atoms with van der Waals surface area (Å²) in [5, 5.41) is 11.7. The number of hydrogen-bond donors (Lipinski definition) is 2. The van der Waals surface area contributed by atoms with Gasteiger partial charge in [0.05, 0.1) is 6.61 Å². The van der Waals surface area contributed by atoms with E-state index in [9.17, 15) is 9.59 Å². The van der Waals surface area contributed by atoms with Crippen LogP contribution in [0, 0.1) is 0 Å². The number of rotatable bonds is 10. The lowest BCUT2D eigenvalue weighted by atomic mass is 9.83. The Morgan fingerprint density at radius 3 is 2.47 bits per heavy atom. The van der Waals surface area contributed by atoms with E-state index in [-0.39, 0.29) is 25.4 Å². The summed E-state index contributed by atoms with van der Waals surface area (Å²) in [6.45, 7) is 5.87. The number of halogens is 1. The predicted octanol–water partition coefficient (Wildman–Crippen LogP) is 4.34. The van der Waals surface area contributed by atoms with Crippen LogP contribution >= 0.6 is 15.9 Å². The zero-order valence-electron chi connectivity index (χ0n) is 21.0. The minimum absolute atomic E-state index is 0.0105. The number of hydrogen-bond acceptors (Lipinski definition) is 7. The van der Waals surface area contributed by atoms with Gasteiger partial charge in [0.25, 0.3) is 5.91 Å². The number of benzene rings is 2. The standard InChI is InChI=1S/C27H33BrN2O6/c1-26(2,3)36-22(32)14-15-27(25(33)29-4)23(20-8-5-6-9-21(20)28)35-24(30-27)18-10-12-19(13-11-18)34-17-7-16-31/h5-6,8-13,23,31H,7,14-17H2,1-4H3,(H,29,33)/t23-,27-/m1/s1. The number of carbonyl (C=O) groups excluding carboxylic acids is 2. The average molecular weight is 561 g/mol. The summed E-state index contributed by atoms with van der Waals surface area (Å²) in [4.78, 5) is 30.8. The first kappa shape index (κ1) is 27.7. The fourth-order valence-corrected chi connectivity index (χ4v) is 4.43. The molecule has 0 fully saturated rings. The number of carbonyl (C=O) groups is 2. The summed E-state index contributed by atoms with van der Waals surface area (Å²) in [6.07, 6.45) is -0.147. The highest BCUT2D eigenvalue weighted by Crippen LogP contribution is 2.45. The Balaban J connectivity index is 1.98. The molecule has 36 heavy (non-hydrogen) atoms. The first-order valence-corrected chi connectivity index (χ1v) is 12.7. The highest BCUT2D eigenvalue weighted by Gasteiger charge is 2.53. The molecule has 194 valence electrons. The Bertz CT molecular complexity index is 1100. The van der Waals surface area contributed by atoms with Gasteiger partial charge in [0.1, 0.15) is 11.4 Å². The van der Waals surface area contributed by atoms with Crippen molar-refractivity contribution in [3.8, 4) is 5.75 Å². The molecule has 0 spiro atoms. The minimum Gasteiger partial charge on any atom is -0.494 e. The maximum absolute atomic E-state index is 13.4. The smallest absolute Gasteiger partial charge is 0.306 e. The molecule has 0 saturated carbocycles. The summed E-state index contributed by atoms with van der Waals surface area (Å²) >= 11 is 3.58. The van der Waals surface area contributed by atoms with Crippen LogP contribution in [0.3, 0.4) is 0 Å². The first-order valence-electron chi connectivity index (χ1n) is 11.9. The Hall–Kier alpha value is -2.91. The molecule has 1 aliphatic heterocycles. The lowest BCUT2D eigenvalue weighted by Gasteiger charge is -2.30. The van der Waals surface area contributed by atoms with E-state index in [1.165, 1.54) is 0 Å². The van der Waals surface area contributed by atoms with E-state index >= 15 is 0 Å². The maximum Gasteiger partial charge on any atom is 0.306 e. The van der Waals surface area contributed by atoms with Crippen LogP contribution in [0.4, 0.5) is 0 Å². The van der Waals surface area contributed by atoms with Crippen LogP contribution in [0.2, 0.25) is 0 Å². The second-order valence-electron chi connectivity index (χ2n) is 9.48. The third-order valence-corrected chi connectivity index (χ3v) is 6.30. The highest BCUT2D eigenvalue weighted by molar-refractivity contribution is 9.10. The van der Waals surface area contributed by atoms with Gasteiger partial charge in [-0.2, -0.15) is 0 Å². The maximum atomic E-state index is 13.4. The fraction of sp³-hybridized carbons (Fsp3) is 0.444. The van der Waals surface area contributed by atoms with Crippen molar-refractivity contribution in [3.05, 3.63) is 64.1 Å². The van der Waals surface area contributed by atoms with Crippen LogP contribution in [0.15, 0.2) is 58.0 Å². The molecule has 1 amide bonds. The number of nitrogens with one attached hydrogen (secondary N) is 1. The largest absolute Gasteiger partial charge is 0.494 e. The van der Waals surface area contributed by atoms with Crippen molar-refractivity contribution in [1.82, 2.24) is 5.32 Å². The number of nitrogens with zero attached hydrogens (tertiary/aromatic N) is 1. The van der Waals surface area contributed by atoms with Crippen LogP contribution in [0.1, 0.15) is 57.3 Å². The third-order valence-electron chi connectivity index (χ3n) is 5.57. The van der Waals surface area contributed by atoms with Crippen molar-refractivity contribution in [2.75, 3.05) is 20.3 Å². The molecule has 3 rings (SSSR count). The zero-order valence-corrected chi connectivity index (χ0v) is 22.6. The predicted molar refractivity (Wildman–Crippen MR) is 140 cm³/mol. The lowest BCUT2D eigenvalue weighted by Crippen LogP contribution is -2.47. The van der Waals surface area contributed by atoms with Gasteiger partial charge >= 0.3 is 5.97 Å². The zero-order chi connectivity index (χ0) is 26.3. The van der Waals surface area contributed by atoms with Crippen molar-refractivity contribution in [3.63, 3.8) is 0 Å². The molecule has 0 aliphatic carbocycles. The number of aliphatic hydroxyl groups excluding tert-OH is 1. The Kier molecular flexibility index (Phi) is 9.13. The highest BCUT2D eigenvalue weighted by atomic mass is 79.9. The normalized spacial score (nSPS) is 19.3. The molecular formula is C27H33BrN2O6. The molecule has 2 aromatic rings. The van der Waals surface area contributed by atoms with Crippen LogP contribution in [-0.4, -0.2) is 54.3 Å². The van der Waals surface area contributed by atoms with E-state index in [1.54, 1.807) is 52.1 Å². The first-order chi connectivity index (χ1) is 17.1. The molecule has 0 aromatic heterocycles. The minimum atomic E-state index is -1.39. The monoisotopic (exact) mass is 560 g/mol. The van der Waals surface area contributed by atoms with Crippen LogP contribution in [-0.2, 0) is 19.1 Å². The molecule has 0 saturated heterocycles. The molecule has 0 bridgehead atoms. The molecule has 1 heterocycles. The lowest BCUT2D eigenvalue weighted by molar-refractivity contribution is -0.155. The quantitative estimate of drug-likeness (QED) is 0.331. The number of ether oxygens (including phenoxy) is 3. The van der Waals surface area contributed by atoms with Gasteiger partial charge in [0.2, 0.25) is 5.90 Å². The van der Waals surface area contributed by atoms with Crippen molar-refractivity contribution in [2.45, 2.75) is 57.3 Å². The van der Waals surface area contributed by atoms with E-state index in [1.807, 2.05) is 24.3 Å². The molecule has 2 N–H and O–H groups in total.